The largest absolute Gasteiger partial charge is 0.394 e. The second kappa shape index (κ2) is 6.20. The standard InChI is InChI=1S/C16H23N3O/c1-11-4-5-12(2)14(8-11)15(10-17)16-9-13(3)18-19(16)6-7-20/h4-5,8-9,15,20H,6-7,10,17H2,1-3H3. The van der Waals surface area contributed by atoms with Gasteiger partial charge in [0, 0.05) is 18.2 Å². The fraction of sp³-hybridized carbons (Fsp3) is 0.438. The molecular weight excluding hydrogens is 250 g/mol. The number of aryl methyl sites for hydroxylation is 3. The van der Waals surface area contributed by atoms with Crippen LogP contribution in [0.1, 0.15) is 34.0 Å². The van der Waals surface area contributed by atoms with E-state index >= 15 is 0 Å². The van der Waals surface area contributed by atoms with E-state index < -0.39 is 0 Å². The molecule has 108 valence electrons. The number of nitrogens with zero attached hydrogens (tertiary/aromatic N) is 2. The SMILES string of the molecule is Cc1ccc(C)c(C(CN)c2cc(C)nn2CCO)c1. The zero-order valence-electron chi connectivity index (χ0n) is 12.4. The number of aliphatic hydroxyl groups excluding tert-OH is 1. The fourth-order valence-corrected chi connectivity index (χ4v) is 2.66. The zero-order valence-corrected chi connectivity index (χ0v) is 12.4. The smallest absolute Gasteiger partial charge is 0.0644 e. The van der Waals surface area contributed by atoms with Gasteiger partial charge in [-0.15, -0.1) is 0 Å². The van der Waals surface area contributed by atoms with Gasteiger partial charge in [-0.05, 0) is 38.0 Å². The first-order valence-electron chi connectivity index (χ1n) is 6.99. The maximum atomic E-state index is 9.19. The molecule has 0 amide bonds. The molecule has 20 heavy (non-hydrogen) atoms. The first-order chi connectivity index (χ1) is 9.56. The van der Waals surface area contributed by atoms with Gasteiger partial charge in [0.15, 0.2) is 0 Å². The maximum Gasteiger partial charge on any atom is 0.0644 e. The summed E-state index contributed by atoms with van der Waals surface area (Å²) in [5.41, 5.74) is 11.8. The number of aromatic nitrogens is 2. The van der Waals surface area contributed by atoms with Crippen LogP contribution in [0.25, 0.3) is 0 Å². The molecule has 0 bridgehead atoms. The van der Waals surface area contributed by atoms with Crippen LogP contribution in [0.4, 0.5) is 0 Å². The molecule has 0 saturated carbocycles. The van der Waals surface area contributed by atoms with Crippen LogP contribution in [0.15, 0.2) is 24.3 Å². The Morgan fingerprint density at radius 3 is 2.65 bits per heavy atom. The minimum absolute atomic E-state index is 0.0816. The number of aliphatic hydroxyl groups is 1. The predicted molar refractivity (Wildman–Crippen MR) is 80.9 cm³/mol. The van der Waals surface area contributed by atoms with Gasteiger partial charge in [0.25, 0.3) is 0 Å². The van der Waals surface area contributed by atoms with Crippen LogP contribution in [0.2, 0.25) is 0 Å². The van der Waals surface area contributed by atoms with Gasteiger partial charge in [0.1, 0.15) is 0 Å². The minimum Gasteiger partial charge on any atom is -0.394 e. The van der Waals surface area contributed by atoms with E-state index in [-0.39, 0.29) is 12.5 Å². The Morgan fingerprint density at radius 1 is 1.25 bits per heavy atom. The number of benzene rings is 1. The lowest BCUT2D eigenvalue weighted by atomic mass is 9.90. The Hall–Kier alpha value is -1.65. The number of hydrogen-bond acceptors (Lipinski definition) is 3. The van der Waals surface area contributed by atoms with E-state index in [2.05, 4.69) is 43.2 Å². The van der Waals surface area contributed by atoms with Crippen molar-refractivity contribution in [2.24, 2.45) is 5.73 Å². The molecule has 1 heterocycles. The molecule has 1 atom stereocenters. The summed E-state index contributed by atoms with van der Waals surface area (Å²) in [6, 6.07) is 8.50. The van der Waals surface area contributed by atoms with Gasteiger partial charge in [0.05, 0.1) is 18.8 Å². The van der Waals surface area contributed by atoms with Crippen LogP contribution in [0.5, 0.6) is 0 Å². The van der Waals surface area contributed by atoms with Crippen LogP contribution in [-0.2, 0) is 6.54 Å². The summed E-state index contributed by atoms with van der Waals surface area (Å²) in [5.74, 6) is 0.114. The lowest BCUT2D eigenvalue weighted by Gasteiger charge is -2.19. The molecule has 0 fully saturated rings. The van der Waals surface area contributed by atoms with Crippen molar-refractivity contribution >= 4 is 0 Å². The number of rotatable bonds is 5. The van der Waals surface area contributed by atoms with Crippen LogP contribution < -0.4 is 5.73 Å². The molecule has 0 saturated heterocycles. The Bertz CT molecular complexity index is 589. The topological polar surface area (TPSA) is 64.1 Å². The van der Waals surface area contributed by atoms with Gasteiger partial charge >= 0.3 is 0 Å². The van der Waals surface area contributed by atoms with Gasteiger partial charge in [0.2, 0.25) is 0 Å². The average Bonchev–Trinajstić information content (AvgIpc) is 2.76. The summed E-state index contributed by atoms with van der Waals surface area (Å²) in [4.78, 5) is 0. The van der Waals surface area contributed by atoms with Gasteiger partial charge in [-0.3, -0.25) is 4.68 Å². The second-order valence-corrected chi connectivity index (χ2v) is 5.31. The van der Waals surface area contributed by atoms with Crippen molar-refractivity contribution in [1.82, 2.24) is 9.78 Å². The summed E-state index contributed by atoms with van der Waals surface area (Å²) in [6.07, 6.45) is 0. The third kappa shape index (κ3) is 2.92. The molecule has 2 aromatic rings. The molecule has 1 aromatic heterocycles. The molecule has 1 unspecified atom stereocenters. The Labute approximate surface area is 120 Å². The van der Waals surface area contributed by atoms with E-state index in [1.165, 1.54) is 16.7 Å². The summed E-state index contributed by atoms with van der Waals surface area (Å²) < 4.78 is 1.87. The highest BCUT2D eigenvalue weighted by atomic mass is 16.3. The summed E-state index contributed by atoms with van der Waals surface area (Å²) >= 11 is 0. The molecular formula is C16H23N3O. The molecule has 2 rings (SSSR count). The van der Waals surface area contributed by atoms with Crippen molar-refractivity contribution in [2.45, 2.75) is 33.2 Å². The molecule has 0 spiro atoms. The van der Waals surface area contributed by atoms with Gasteiger partial charge < -0.3 is 10.8 Å². The highest BCUT2D eigenvalue weighted by molar-refractivity contribution is 5.38. The first kappa shape index (κ1) is 14.8. The molecule has 3 N–H and O–H groups in total. The predicted octanol–water partition coefficient (Wildman–Crippen LogP) is 1.89. The van der Waals surface area contributed by atoms with Gasteiger partial charge in [-0.2, -0.15) is 5.10 Å². The Morgan fingerprint density at radius 2 is 2.00 bits per heavy atom. The molecule has 0 radical (unpaired) electrons. The molecule has 0 aliphatic carbocycles. The summed E-state index contributed by atoms with van der Waals surface area (Å²) in [7, 11) is 0. The monoisotopic (exact) mass is 273 g/mol. The number of hydrogen-bond donors (Lipinski definition) is 2. The van der Waals surface area contributed by atoms with E-state index in [0.717, 1.165) is 11.4 Å². The molecule has 1 aromatic carbocycles. The van der Waals surface area contributed by atoms with Crippen molar-refractivity contribution in [3.8, 4) is 0 Å². The lowest BCUT2D eigenvalue weighted by Crippen LogP contribution is -2.20. The van der Waals surface area contributed by atoms with Crippen molar-refractivity contribution in [2.75, 3.05) is 13.2 Å². The van der Waals surface area contributed by atoms with Crippen LogP contribution >= 0.6 is 0 Å². The van der Waals surface area contributed by atoms with Crippen molar-refractivity contribution in [1.29, 1.82) is 0 Å². The minimum atomic E-state index is 0.0816. The molecule has 0 aliphatic rings. The molecule has 4 nitrogen and oxygen atoms in total. The first-order valence-corrected chi connectivity index (χ1v) is 6.99. The maximum absolute atomic E-state index is 9.19. The summed E-state index contributed by atoms with van der Waals surface area (Å²) in [5, 5.41) is 13.6. The van der Waals surface area contributed by atoms with E-state index in [1.807, 2.05) is 11.6 Å². The highest BCUT2D eigenvalue weighted by Gasteiger charge is 2.19. The highest BCUT2D eigenvalue weighted by Crippen LogP contribution is 2.27. The zero-order chi connectivity index (χ0) is 14.7. The molecule has 4 heteroatoms. The quantitative estimate of drug-likeness (QED) is 0.874. The van der Waals surface area contributed by atoms with Crippen LogP contribution in [0.3, 0.4) is 0 Å². The fourth-order valence-electron chi connectivity index (χ4n) is 2.66. The third-order valence-corrected chi connectivity index (χ3v) is 3.65. The average molecular weight is 273 g/mol. The number of nitrogens with two attached hydrogens (primary N) is 1. The molecule has 0 aliphatic heterocycles. The third-order valence-electron chi connectivity index (χ3n) is 3.65. The van der Waals surface area contributed by atoms with Crippen LogP contribution in [-0.4, -0.2) is 28.0 Å². The van der Waals surface area contributed by atoms with E-state index in [4.69, 9.17) is 5.73 Å². The van der Waals surface area contributed by atoms with Crippen LogP contribution in [0, 0.1) is 20.8 Å². The Kier molecular flexibility index (Phi) is 4.57. The Balaban J connectivity index is 2.49. The van der Waals surface area contributed by atoms with Gasteiger partial charge in [-0.25, -0.2) is 0 Å². The van der Waals surface area contributed by atoms with Gasteiger partial charge in [-0.1, -0.05) is 23.8 Å². The van der Waals surface area contributed by atoms with Crippen molar-refractivity contribution in [3.05, 3.63) is 52.3 Å². The van der Waals surface area contributed by atoms with E-state index in [0.29, 0.717) is 13.1 Å². The van der Waals surface area contributed by atoms with E-state index in [9.17, 15) is 5.11 Å². The summed E-state index contributed by atoms with van der Waals surface area (Å²) in [6.45, 7) is 7.28. The lowest BCUT2D eigenvalue weighted by molar-refractivity contribution is 0.266. The van der Waals surface area contributed by atoms with Crippen molar-refractivity contribution in [3.63, 3.8) is 0 Å². The van der Waals surface area contributed by atoms with E-state index in [1.54, 1.807) is 0 Å². The second-order valence-electron chi connectivity index (χ2n) is 5.31. The normalized spacial score (nSPS) is 12.7. The van der Waals surface area contributed by atoms with Crippen molar-refractivity contribution < 1.29 is 5.11 Å².